The van der Waals surface area contributed by atoms with E-state index in [2.05, 4.69) is 29.2 Å². The summed E-state index contributed by atoms with van der Waals surface area (Å²) in [7, 11) is -0.696. The van der Waals surface area contributed by atoms with Gasteiger partial charge in [-0.25, -0.2) is 17.7 Å². The van der Waals surface area contributed by atoms with Crippen LogP contribution in [0.5, 0.6) is 0 Å². The van der Waals surface area contributed by atoms with Crippen LogP contribution < -0.4 is 0 Å². The van der Waals surface area contributed by atoms with E-state index in [1.54, 1.807) is 5.38 Å². The smallest absolute Gasteiger partial charge is 0.221 e. The Balaban J connectivity index is 0.00000338. The number of hydrogen-bond donors (Lipinski definition) is 0. The maximum Gasteiger partial charge on any atom is 0.221 e. The Morgan fingerprint density at radius 2 is 1.73 bits per heavy atom. The standard InChI is InChI=1S/C18H24N2O3S2.ClH/c1-20(2)25(22,23)14-17(21)16-13-24-18(19-16)12-8-4-7-11-15-9-5-3-6-10-15;/h3,5-6,9-10,13H,4,7-8,11-12,14H2,1-2H3;1H. The number of nitrogens with zero attached hydrogens (tertiary/aromatic N) is 2. The van der Waals surface area contributed by atoms with Gasteiger partial charge in [0.1, 0.15) is 11.4 Å². The van der Waals surface area contributed by atoms with Gasteiger partial charge in [-0.1, -0.05) is 36.8 Å². The molecule has 0 aliphatic carbocycles. The van der Waals surface area contributed by atoms with Crippen molar-refractivity contribution >= 4 is 39.6 Å². The molecule has 0 amide bonds. The van der Waals surface area contributed by atoms with E-state index >= 15 is 0 Å². The van der Waals surface area contributed by atoms with Crippen molar-refractivity contribution < 1.29 is 13.2 Å². The first kappa shape index (κ1) is 22.8. The zero-order chi connectivity index (χ0) is 18.3. The summed E-state index contributed by atoms with van der Waals surface area (Å²) >= 11 is 1.43. The summed E-state index contributed by atoms with van der Waals surface area (Å²) in [4.78, 5) is 16.3. The zero-order valence-electron chi connectivity index (χ0n) is 15.1. The molecule has 144 valence electrons. The van der Waals surface area contributed by atoms with Crippen molar-refractivity contribution in [1.82, 2.24) is 9.29 Å². The van der Waals surface area contributed by atoms with Crippen LogP contribution in [0.3, 0.4) is 0 Å². The minimum atomic E-state index is -3.54. The van der Waals surface area contributed by atoms with E-state index in [4.69, 9.17) is 0 Å². The topological polar surface area (TPSA) is 67.3 Å². The van der Waals surface area contributed by atoms with Gasteiger partial charge in [0.15, 0.2) is 5.78 Å². The predicted molar refractivity (Wildman–Crippen MR) is 109 cm³/mol. The molecule has 2 aromatic rings. The SMILES string of the molecule is CN(C)S(=O)(=O)CC(=O)c1csc(CCCCCc2ccccc2)n1.Cl. The number of rotatable bonds is 10. The van der Waals surface area contributed by atoms with Gasteiger partial charge in [-0.15, -0.1) is 23.7 Å². The number of ketones is 1. The van der Waals surface area contributed by atoms with Gasteiger partial charge in [0.2, 0.25) is 10.0 Å². The molecule has 26 heavy (non-hydrogen) atoms. The first-order valence-electron chi connectivity index (χ1n) is 8.30. The number of benzene rings is 1. The van der Waals surface area contributed by atoms with E-state index in [-0.39, 0.29) is 18.1 Å². The molecule has 1 aromatic heterocycles. The molecule has 8 heteroatoms. The fourth-order valence-electron chi connectivity index (χ4n) is 2.35. The molecule has 0 bridgehead atoms. The third-order valence-corrected chi connectivity index (χ3v) is 6.55. The number of unbranched alkanes of at least 4 members (excludes halogenated alkanes) is 2. The fraction of sp³-hybridized carbons (Fsp3) is 0.444. The van der Waals surface area contributed by atoms with Crippen molar-refractivity contribution in [3.05, 3.63) is 52.0 Å². The molecule has 0 fully saturated rings. The van der Waals surface area contributed by atoms with E-state index in [1.165, 1.54) is 31.0 Å². The Kier molecular flexibility index (Phi) is 9.43. The van der Waals surface area contributed by atoms with Crippen molar-refractivity contribution in [3.8, 4) is 0 Å². The minimum absolute atomic E-state index is 0. The summed E-state index contributed by atoms with van der Waals surface area (Å²) in [6.45, 7) is 0. The Hall–Kier alpha value is -1.28. The van der Waals surface area contributed by atoms with Gasteiger partial charge in [-0.2, -0.15) is 0 Å². The first-order valence-corrected chi connectivity index (χ1v) is 10.8. The molecule has 1 aromatic carbocycles. The Morgan fingerprint density at radius 1 is 1.08 bits per heavy atom. The molecule has 1 heterocycles. The van der Waals surface area contributed by atoms with Gasteiger partial charge in [0.05, 0.1) is 5.01 Å². The van der Waals surface area contributed by atoms with E-state index < -0.39 is 21.6 Å². The van der Waals surface area contributed by atoms with Crippen LogP contribution in [0.15, 0.2) is 35.7 Å². The van der Waals surface area contributed by atoms with Crippen molar-refractivity contribution in [2.24, 2.45) is 0 Å². The van der Waals surface area contributed by atoms with Crippen LogP contribution in [0.25, 0.3) is 0 Å². The lowest BCUT2D eigenvalue weighted by molar-refractivity contribution is 0.101. The molecule has 0 atom stereocenters. The molecule has 0 aliphatic heterocycles. The molecule has 0 saturated heterocycles. The summed E-state index contributed by atoms with van der Waals surface area (Å²) in [5, 5.41) is 2.55. The maximum absolute atomic E-state index is 12.0. The van der Waals surface area contributed by atoms with Crippen molar-refractivity contribution in [3.63, 3.8) is 0 Å². The predicted octanol–water partition coefficient (Wildman–Crippen LogP) is 3.59. The largest absolute Gasteiger partial charge is 0.291 e. The zero-order valence-corrected chi connectivity index (χ0v) is 17.5. The molecule has 0 unspecified atom stereocenters. The number of hydrogen-bond acceptors (Lipinski definition) is 5. The average molecular weight is 417 g/mol. The van der Waals surface area contributed by atoms with Gasteiger partial charge in [0.25, 0.3) is 0 Å². The third-order valence-electron chi connectivity index (χ3n) is 3.91. The van der Waals surface area contributed by atoms with E-state index in [0.717, 1.165) is 41.4 Å². The molecular weight excluding hydrogens is 392 g/mol. The van der Waals surface area contributed by atoms with Crippen LogP contribution in [0, 0.1) is 0 Å². The van der Waals surface area contributed by atoms with Gasteiger partial charge in [0, 0.05) is 19.5 Å². The third kappa shape index (κ3) is 7.15. The second kappa shape index (κ2) is 10.8. The fourth-order valence-corrected chi connectivity index (χ4v) is 3.93. The number of aryl methyl sites for hydroxylation is 2. The van der Waals surface area contributed by atoms with E-state index in [9.17, 15) is 13.2 Å². The van der Waals surface area contributed by atoms with Crippen LogP contribution in [0.4, 0.5) is 0 Å². The highest BCUT2D eigenvalue weighted by atomic mass is 35.5. The summed E-state index contributed by atoms with van der Waals surface area (Å²) in [5.74, 6) is -0.972. The lowest BCUT2D eigenvalue weighted by Gasteiger charge is -2.09. The van der Waals surface area contributed by atoms with Crippen molar-refractivity contribution in [2.45, 2.75) is 32.1 Å². The lowest BCUT2D eigenvalue weighted by atomic mass is 10.1. The molecule has 2 rings (SSSR count). The Morgan fingerprint density at radius 3 is 2.38 bits per heavy atom. The number of halogens is 1. The van der Waals surface area contributed by atoms with Crippen LogP contribution in [0.1, 0.15) is 40.3 Å². The van der Waals surface area contributed by atoms with Gasteiger partial charge < -0.3 is 0 Å². The minimum Gasteiger partial charge on any atom is -0.291 e. The first-order chi connectivity index (χ1) is 11.9. The maximum atomic E-state index is 12.0. The van der Waals surface area contributed by atoms with E-state index in [1.807, 2.05) is 6.07 Å². The van der Waals surface area contributed by atoms with Crippen molar-refractivity contribution in [2.75, 3.05) is 19.8 Å². The van der Waals surface area contributed by atoms with Gasteiger partial charge in [-0.3, -0.25) is 4.79 Å². The molecular formula is C18H25ClN2O3S2. The van der Waals surface area contributed by atoms with Crippen LogP contribution in [-0.2, 0) is 22.9 Å². The molecule has 0 radical (unpaired) electrons. The van der Waals surface area contributed by atoms with Crippen LogP contribution in [0.2, 0.25) is 0 Å². The number of sulfonamides is 1. The number of Topliss-reactive ketones (excluding diaryl/α,β-unsaturated/α-hetero) is 1. The van der Waals surface area contributed by atoms with Crippen LogP contribution >= 0.6 is 23.7 Å². The number of thiazole rings is 1. The van der Waals surface area contributed by atoms with Crippen molar-refractivity contribution in [1.29, 1.82) is 0 Å². The quantitative estimate of drug-likeness (QED) is 0.438. The molecule has 5 nitrogen and oxygen atoms in total. The Bertz CT molecular complexity index is 790. The van der Waals surface area contributed by atoms with E-state index in [0.29, 0.717) is 0 Å². The normalized spacial score (nSPS) is 11.3. The summed E-state index contributed by atoms with van der Waals surface area (Å²) in [6, 6.07) is 10.4. The summed E-state index contributed by atoms with van der Waals surface area (Å²) in [5.41, 5.74) is 1.61. The number of aromatic nitrogens is 1. The highest BCUT2D eigenvalue weighted by molar-refractivity contribution is 7.89. The highest BCUT2D eigenvalue weighted by Gasteiger charge is 2.21. The molecule has 0 spiro atoms. The summed E-state index contributed by atoms with van der Waals surface area (Å²) < 4.78 is 24.6. The van der Waals surface area contributed by atoms with Gasteiger partial charge >= 0.3 is 0 Å². The Labute approximate surface area is 165 Å². The number of carbonyl (C=O) groups is 1. The monoisotopic (exact) mass is 416 g/mol. The second-order valence-electron chi connectivity index (χ2n) is 6.13. The molecule has 0 saturated carbocycles. The lowest BCUT2D eigenvalue weighted by Crippen LogP contribution is -2.29. The highest BCUT2D eigenvalue weighted by Crippen LogP contribution is 2.15. The molecule has 0 N–H and O–H groups in total. The summed E-state index contributed by atoms with van der Waals surface area (Å²) in [6.07, 6.45) is 5.15. The molecule has 0 aliphatic rings. The van der Waals surface area contributed by atoms with Crippen LogP contribution in [-0.4, -0.2) is 43.3 Å². The van der Waals surface area contributed by atoms with Gasteiger partial charge in [-0.05, 0) is 31.2 Å². The second-order valence-corrected chi connectivity index (χ2v) is 9.26. The average Bonchev–Trinajstić information content (AvgIpc) is 3.04. The number of carbonyl (C=O) groups excluding carboxylic acids is 1.